The predicted octanol–water partition coefficient (Wildman–Crippen LogP) is 5.28. The number of fused-ring (bicyclic) bond motifs is 1. The summed E-state index contributed by atoms with van der Waals surface area (Å²) in [5.74, 6) is -1.73. The number of para-hydroxylation sites is 1. The van der Waals surface area contributed by atoms with E-state index in [2.05, 4.69) is 9.72 Å². The Labute approximate surface area is 195 Å². The number of hydrogen-bond acceptors (Lipinski definition) is 6. The number of carbonyl (C=O) groups is 1. The normalized spacial score (nSPS) is 12.8. The third-order valence-corrected chi connectivity index (χ3v) is 5.18. The van der Waals surface area contributed by atoms with Gasteiger partial charge in [-0.3, -0.25) is 15.6 Å². The summed E-state index contributed by atoms with van der Waals surface area (Å²) in [5, 5.41) is 15.0. The van der Waals surface area contributed by atoms with E-state index >= 15 is 0 Å². The highest BCUT2D eigenvalue weighted by molar-refractivity contribution is 6.13. The predicted molar refractivity (Wildman–Crippen MR) is 124 cm³/mol. The molecule has 4 rings (SSSR count). The third kappa shape index (κ3) is 4.63. The molecule has 0 bridgehead atoms. The molecule has 7 nitrogen and oxygen atoms in total. The minimum absolute atomic E-state index is 0.0333. The van der Waals surface area contributed by atoms with Crippen molar-refractivity contribution >= 4 is 23.4 Å². The molecule has 0 spiro atoms. The molecule has 0 saturated heterocycles. The fourth-order valence-electron chi connectivity index (χ4n) is 3.69. The van der Waals surface area contributed by atoms with Crippen molar-refractivity contribution in [2.45, 2.75) is 32.9 Å². The van der Waals surface area contributed by atoms with Crippen molar-refractivity contribution in [1.29, 1.82) is 10.8 Å². The van der Waals surface area contributed by atoms with Gasteiger partial charge in [-0.05, 0) is 49.2 Å². The van der Waals surface area contributed by atoms with Gasteiger partial charge in [0.1, 0.15) is 0 Å². The molecule has 174 valence electrons. The van der Waals surface area contributed by atoms with E-state index in [1.54, 1.807) is 17.2 Å². The first-order valence-electron chi connectivity index (χ1n) is 10.5. The van der Waals surface area contributed by atoms with Crippen molar-refractivity contribution in [2.24, 2.45) is 0 Å². The van der Waals surface area contributed by atoms with Crippen LogP contribution in [0.1, 0.15) is 35.3 Å². The Morgan fingerprint density at radius 2 is 1.82 bits per heavy atom. The Kier molecular flexibility index (Phi) is 6.36. The van der Waals surface area contributed by atoms with Crippen LogP contribution in [0.3, 0.4) is 0 Å². The first-order chi connectivity index (χ1) is 16.2. The van der Waals surface area contributed by atoms with Crippen LogP contribution in [0, 0.1) is 10.8 Å². The summed E-state index contributed by atoms with van der Waals surface area (Å²) < 4.78 is 35.4. The average Bonchev–Trinajstić information content (AvgIpc) is 3.14. The number of hydrogen-bond donors (Lipinski definition) is 2. The van der Waals surface area contributed by atoms with Crippen LogP contribution < -0.4 is 9.64 Å². The molecule has 1 aliphatic heterocycles. The molecule has 3 aromatic rings. The number of benzene rings is 2. The number of pyridine rings is 1. The van der Waals surface area contributed by atoms with Crippen LogP contribution in [0.2, 0.25) is 0 Å². The molecule has 2 heterocycles. The highest BCUT2D eigenvalue weighted by atomic mass is 19.3. The Morgan fingerprint density at radius 1 is 1.06 bits per heavy atom. The minimum Gasteiger partial charge on any atom is -0.475 e. The number of alkyl halides is 2. The molecule has 2 aromatic carbocycles. The largest absolute Gasteiger partial charge is 0.475 e. The summed E-state index contributed by atoms with van der Waals surface area (Å²) in [6.45, 7) is 4.14. The van der Waals surface area contributed by atoms with E-state index in [0.717, 1.165) is 16.7 Å². The van der Waals surface area contributed by atoms with Crippen LogP contribution in [-0.4, -0.2) is 35.2 Å². The highest BCUT2D eigenvalue weighted by Gasteiger charge is 2.31. The number of aromatic nitrogens is 1. The van der Waals surface area contributed by atoms with Gasteiger partial charge in [-0.15, -0.1) is 0 Å². The van der Waals surface area contributed by atoms with E-state index in [9.17, 15) is 13.6 Å². The van der Waals surface area contributed by atoms with Gasteiger partial charge in [-0.25, -0.2) is 4.98 Å². The lowest BCUT2D eigenvalue weighted by atomic mass is 10.0. The fourth-order valence-corrected chi connectivity index (χ4v) is 3.69. The number of halogens is 2. The molecule has 0 radical (unpaired) electrons. The Bertz CT molecular complexity index is 1280. The Balaban J connectivity index is 1.64. The van der Waals surface area contributed by atoms with Gasteiger partial charge in [0.15, 0.2) is 0 Å². The molecule has 0 aliphatic carbocycles. The number of rotatable bonds is 6. The standard InChI is InChI=1S/C25H22F2N4O3/c1-14(2)33-21-12-15(9-10-30-21)18-5-3-4-6-20(18)31-13-17-8-7-16(11-19(17)25(31)32)23(28)34-24(29)22(26)27/h3-12,14,22,28-29H,13H2,1-2H3. The quantitative estimate of drug-likeness (QED) is 0.383. The summed E-state index contributed by atoms with van der Waals surface area (Å²) in [4.78, 5) is 19.2. The van der Waals surface area contributed by atoms with Crippen LogP contribution in [0.5, 0.6) is 5.88 Å². The van der Waals surface area contributed by atoms with Gasteiger partial charge in [0.2, 0.25) is 11.8 Å². The second-order valence-electron chi connectivity index (χ2n) is 7.93. The van der Waals surface area contributed by atoms with Gasteiger partial charge >= 0.3 is 6.43 Å². The zero-order chi connectivity index (χ0) is 24.4. The molecule has 0 saturated carbocycles. The zero-order valence-corrected chi connectivity index (χ0v) is 18.5. The van der Waals surface area contributed by atoms with Gasteiger partial charge < -0.3 is 14.4 Å². The molecule has 9 heteroatoms. The van der Waals surface area contributed by atoms with Crippen LogP contribution in [-0.2, 0) is 11.3 Å². The first-order valence-corrected chi connectivity index (χ1v) is 10.5. The van der Waals surface area contributed by atoms with Gasteiger partial charge in [0.05, 0.1) is 18.3 Å². The molecule has 0 fully saturated rings. The fraction of sp³-hybridized carbons (Fsp3) is 0.200. The molecule has 34 heavy (non-hydrogen) atoms. The summed E-state index contributed by atoms with van der Waals surface area (Å²) >= 11 is 0. The van der Waals surface area contributed by atoms with Gasteiger partial charge in [0, 0.05) is 29.0 Å². The van der Waals surface area contributed by atoms with E-state index in [1.165, 1.54) is 12.1 Å². The Hall–Kier alpha value is -4.14. The number of anilines is 1. The molecule has 0 atom stereocenters. The SMILES string of the molecule is CC(C)Oc1cc(-c2ccccc2N2Cc3ccc(C(=N)OC(=N)C(F)F)cc3C2=O)ccn1. The lowest BCUT2D eigenvalue weighted by Gasteiger charge is -2.20. The van der Waals surface area contributed by atoms with Crippen LogP contribution in [0.25, 0.3) is 11.1 Å². The first kappa shape index (κ1) is 23.0. The molecular weight excluding hydrogens is 442 g/mol. The van der Waals surface area contributed by atoms with Crippen molar-refractivity contribution < 1.29 is 23.0 Å². The smallest absolute Gasteiger partial charge is 0.312 e. The summed E-state index contributed by atoms with van der Waals surface area (Å²) in [7, 11) is 0. The molecule has 2 N–H and O–H groups in total. The molecule has 1 amide bonds. The maximum absolute atomic E-state index is 13.3. The van der Waals surface area contributed by atoms with E-state index in [1.807, 2.05) is 50.2 Å². The van der Waals surface area contributed by atoms with Crippen molar-refractivity contribution in [2.75, 3.05) is 4.90 Å². The van der Waals surface area contributed by atoms with Gasteiger partial charge in [-0.2, -0.15) is 8.78 Å². The number of carbonyl (C=O) groups excluding carboxylic acids is 1. The Morgan fingerprint density at radius 3 is 2.56 bits per heavy atom. The van der Waals surface area contributed by atoms with Crippen LogP contribution in [0.4, 0.5) is 14.5 Å². The number of amides is 1. The molecule has 1 aliphatic rings. The zero-order valence-electron chi connectivity index (χ0n) is 18.5. The van der Waals surface area contributed by atoms with E-state index in [0.29, 0.717) is 23.7 Å². The topological polar surface area (TPSA) is 99.4 Å². The summed E-state index contributed by atoms with van der Waals surface area (Å²) in [6, 6.07) is 15.7. The number of nitrogens with one attached hydrogen (secondary N) is 2. The van der Waals surface area contributed by atoms with Crippen molar-refractivity contribution in [3.8, 4) is 17.0 Å². The summed E-state index contributed by atoms with van der Waals surface area (Å²) in [6.07, 6.45) is -1.50. The van der Waals surface area contributed by atoms with E-state index in [-0.39, 0.29) is 17.6 Å². The van der Waals surface area contributed by atoms with Crippen LogP contribution in [0.15, 0.2) is 60.8 Å². The molecular formula is C25H22F2N4O3. The van der Waals surface area contributed by atoms with E-state index in [4.69, 9.17) is 15.6 Å². The maximum Gasteiger partial charge on any atom is 0.312 e. The van der Waals surface area contributed by atoms with Crippen LogP contribution >= 0.6 is 0 Å². The maximum atomic E-state index is 13.3. The van der Waals surface area contributed by atoms with Crippen molar-refractivity contribution in [3.05, 3.63) is 77.5 Å². The second-order valence-corrected chi connectivity index (χ2v) is 7.93. The summed E-state index contributed by atoms with van der Waals surface area (Å²) in [5.41, 5.74) is 3.57. The lowest BCUT2D eigenvalue weighted by Crippen LogP contribution is -2.23. The monoisotopic (exact) mass is 464 g/mol. The average molecular weight is 464 g/mol. The van der Waals surface area contributed by atoms with Crippen molar-refractivity contribution in [3.63, 3.8) is 0 Å². The van der Waals surface area contributed by atoms with E-state index < -0.39 is 18.2 Å². The number of nitrogens with zero attached hydrogens (tertiary/aromatic N) is 2. The number of ether oxygens (including phenoxy) is 2. The van der Waals surface area contributed by atoms with Gasteiger partial charge in [-0.1, -0.05) is 24.3 Å². The highest BCUT2D eigenvalue weighted by Crippen LogP contribution is 2.37. The third-order valence-electron chi connectivity index (χ3n) is 5.18. The minimum atomic E-state index is -3.12. The van der Waals surface area contributed by atoms with Gasteiger partial charge in [0.25, 0.3) is 11.8 Å². The van der Waals surface area contributed by atoms with Crippen molar-refractivity contribution in [1.82, 2.24) is 4.98 Å². The molecule has 0 unspecified atom stereocenters. The second kappa shape index (κ2) is 9.38. The molecule has 1 aromatic heterocycles. The lowest BCUT2D eigenvalue weighted by molar-refractivity contribution is 0.0996.